The van der Waals surface area contributed by atoms with E-state index in [0.717, 1.165) is 18.4 Å². The second kappa shape index (κ2) is 5.33. The molecule has 12 heavy (non-hydrogen) atoms. The number of rotatable bonds is 6. The molecule has 2 N–H and O–H groups in total. The van der Waals surface area contributed by atoms with Gasteiger partial charge in [0, 0.05) is 5.54 Å². The fourth-order valence-corrected chi connectivity index (χ4v) is 0.883. The van der Waals surface area contributed by atoms with Gasteiger partial charge in [-0.25, -0.2) is 0 Å². The summed E-state index contributed by atoms with van der Waals surface area (Å²) in [5.41, 5.74) is 6.93. The summed E-state index contributed by atoms with van der Waals surface area (Å²) in [5.74, 6) is 0. The van der Waals surface area contributed by atoms with Crippen LogP contribution in [0.1, 0.15) is 33.6 Å². The SMILES string of the molecule is C=C(C)COCC(N)(CC)CC. The second-order valence-corrected chi connectivity index (χ2v) is 3.52. The van der Waals surface area contributed by atoms with Crippen LogP contribution in [0.4, 0.5) is 0 Å². The van der Waals surface area contributed by atoms with Gasteiger partial charge in [0.2, 0.25) is 0 Å². The summed E-state index contributed by atoms with van der Waals surface area (Å²) in [7, 11) is 0. The van der Waals surface area contributed by atoms with Crippen molar-refractivity contribution in [2.75, 3.05) is 13.2 Å². The molecule has 0 radical (unpaired) electrons. The Morgan fingerprint density at radius 3 is 2.25 bits per heavy atom. The van der Waals surface area contributed by atoms with Crippen molar-refractivity contribution in [3.8, 4) is 0 Å². The highest BCUT2D eigenvalue weighted by Gasteiger charge is 2.19. The summed E-state index contributed by atoms with van der Waals surface area (Å²) in [5, 5.41) is 0. The lowest BCUT2D eigenvalue weighted by Crippen LogP contribution is -2.43. The van der Waals surface area contributed by atoms with E-state index in [-0.39, 0.29) is 5.54 Å². The molecule has 0 fully saturated rings. The predicted molar refractivity (Wildman–Crippen MR) is 53.1 cm³/mol. The molecule has 0 spiro atoms. The Bertz CT molecular complexity index is 139. The van der Waals surface area contributed by atoms with Gasteiger partial charge in [0.25, 0.3) is 0 Å². The zero-order valence-corrected chi connectivity index (χ0v) is 8.52. The van der Waals surface area contributed by atoms with E-state index in [0.29, 0.717) is 13.2 Å². The van der Waals surface area contributed by atoms with Gasteiger partial charge in [-0.3, -0.25) is 0 Å². The molecule has 0 unspecified atom stereocenters. The molecule has 0 aromatic heterocycles. The van der Waals surface area contributed by atoms with Gasteiger partial charge in [-0.1, -0.05) is 26.0 Å². The number of hydrogen-bond donors (Lipinski definition) is 1. The topological polar surface area (TPSA) is 35.2 Å². The first-order valence-corrected chi connectivity index (χ1v) is 4.55. The van der Waals surface area contributed by atoms with Gasteiger partial charge in [0.15, 0.2) is 0 Å². The highest BCUT2D eigenvalue weighted by molar-refractivity contribution is 4.88. The van der Waals surface area contributed by atoms with Gasteiger partial charge in [-0.15, -0.1) is 0 Å². The van der Waals surface area contributed by atoms with Crippen LogP contribution in [0, 0.1) is 0 Å². The zero-order chi connectivity index (χ0) is 9.61. The van der Waals surface area contributed by atoms with Crippen LogP contribution in [-0.2, 0) is 4.74 Å². The van der Waals surface area contributed by atoms with E-state index in [1.807, 2.05) is 6.92 Å². The van der Waals surface area contributed by atoms with Crippen molar-refractivity contribution in [3.05, 3.63) is 12.2 Å². The average Bonchev–Trinajstić information content (AvgIpc) is 2.03. The minimum Gasteiger partial charge on any atom is -0.375 e. The first-order valence-electron chi connectivity index (χ1n) is 4.55. The van der Waals surface area contributed by atoms with Crippen LogP contribution < -0.4 is 5.73 Å². The van der Waals surface area contributed by atoms with Crippen molar-refractivity contribution in [1.82, 2.24) is 0 Å². The fraction of sp³-hybridized carbons (Fsp3) is 0.800. The van der Waals surface area contributed by atoms with Crippen molar-refractivity contribution in [2.24, 2.45) is 5.73 Å². The molecule has 0 amide bonds. The summed E-state index contributed by atoms with van der Waals surface area (Å²) in [6.07, 6.45) is 1.92. The highest BCUT2D eigenvalue weighted by Crippen LogP contribution is 2.11. The smallest absolute Gasteiger partial charge is 0.0672 e. The number of nitrogens with two attached hydrogens (primary N) is 1. The lowest BCUT2D eigenvalue weighted by molar-refractivity contribution is 0.0970. The summed E-state index contributed by atoms with van der Waals surface area (Å²) >= 11 is 0. The van der Waals surface area contributed by atoms with Crippen LogP contribution in [0.5, 0.6) is 0 Å². The Morgan fingerprint density at radius 2 is 1.92 bits per heavy atom. The van der Waals surface area contributed by atoms with E-state index in [1.54, 1.807) is 0 Å². The lowest BCUT2D eigenvalue weighted by Gasteiger charge is -2.26. The van der Waals surface area contributed by atoms with E-state index >= 15 is 0 Å². The molecule has 0 saturated heterocycles. The van der Waals surface area contributed by atoms with E-state index < -0.39 is 0 Å². The van der Waals surface area contributed by atoms with Gasteiger partial charge in [0.1, 0.15) is 0 Å². The van der Waals surface area contributed by atoms with Crippen LogP contribution >= 0.6 is 0 Å². The maximum absolute atomic E-state index is 6.03. The molecule has 0 aliphatic heterocycles. The van der Waals surface area contributed by atoms with Crippen LogP contribution in [0.25, 0.3) is 0 Å². The number of ether oxygens (including phenoxy) is 1. The maximum Gasteiger partial charge on any atom is 0.0672 e. The molecular weight excluding hydrogens is 150 g/mol. The standard InChI is InChI=1S/C10H21NO/c1-5-10(11,6-2)8-12-7-9(3)4/h3,5-8,11H2,1-2,4H3. The maximum atomic E-state index is 6.03. The predicted octanol–water partition coefficient (Wildman–Crippen LogP) is 2.10. The first-order chi connectivity index (χ1) is 5.54. The van der Waals surface area contributed by atoms with Gasteiger partial charge in [-0.2, -0.15) is 0 Å². The van der Waals surface area contributed by atoms with Crippen LogP contribution in [0.3, 0.4) is 0 Å². The largest absolute Gasteiger partial charge is 0.375 e. The Morgan fingerprint density at radius 1 is 1.42 bits per heavy atom. The van der Waals surface area contributed by atoms with Crippen LogP contribution in [0.2, 0.25) is 0 Å². The molecule has 0 rings (SSSR count). The van der Waals surface area contributed by atoms with Crippen molar-refractivity contribution in [2.45, 2.75) is 39.2 Å². The average molecular weight is 171 g/mol. The van der Waals surface area contributed by atoms with Gasteiger partial charge >= 0.3 is 0 Å². The molecule has 0 saturated carbocycles. The van der Waals surface area contributed by atoms with E-state index in [1.165, 1.54) is 0 Å². The number of hydrogen-bond acceptors (Lipinski definition) is 2. The Balaban J connectivity index is 3.65. The Kier molecular flexibility index (Phi) is 5.18. The molecule has 0 aromatic rings. The molecule has 2 nitrogen and oxygen atoms in total. The summed E-state index contributed by atoms with van der Waals surface area (Å²) < 4.78 is 5.42. The quantitative estimate of drug-likeness (QED) is 0.621. The molecule has 0 heterocycles. The third kappa shape index (κ3) is 4.52. The molecule has 0 aliphatic carbocycles. The lowest BCUT2D eigenvalue weighted by atomic mass is 9.96. The summed E-state index contributed by atoms with van der Waals surface area (Å²) in [6, 6.07) is 0. The van der Waals surface area contributed by atoms with Crippen LogP contribution in [0.15, 0.2) is 12.2 Å². The normalized spacial score (nSPS) is 11.7. The van der Waals surface area contributed by atoms with Gasteiger partial charge < -0.3 is 10.5 Å². The van der Waals surface area contributed by atoms with Crippen molar-refractivity contribution < 1.29 is 4.74 Å². The minimum atomic E-state index is -0.143. The molecule has 0 aliphatic rings. The first kappa shape index (κ1) is 11.7. The Hall–Kier alpha value is -0.340. The molecule has 72 valence electrons. The van der Waals surface area contributed by atoms with Crippen molar-refractivity contribution in [1.29, 1.82) is 0 Å². The molecule has 2 heteroatoms. The summed E-state index contributed by atoms with van der Waals surface area (Å²) in [4.78, 5) is 0. The van der Waals surface area contributed by atoms with Crippen LogP contribution in [-0.4, -0.2) is 18.8 Å². The zero-order valence-electron chi connectivity index (χ0n) is 8.52. The Labute approximate surface area is 75.8 Å². The molecule has 0 bridgehead atoms. The van der Waals surface area contributed by atoms with E-state index in [9.17, 15) is 0 Å². The van der Waals surface area contributed by atoms with E-state index in [2.05, 4.69) is 20.4 Å². The third-order valence-electron chi connectivity index (χ3n) is 2.15. The van der Waals surface area contributed by atoms with Crippen molar-refractivity contribution in [3.63, 3.8) is 0 Å². The molecule has 0 atom stereocenters. The fourth-order valence-electron chi connectivity index (χ4n) is 0.883. The minimum absolute atomic E-state index is 0.143. The van der Waals surface area contributed by atoms with Gasteiger partial charge in [-0.05, 0) is 19.8 Å². The molecular formula is C10H21NO. The second-order valence-electron chi connectivity index (χ2n) is 3.52. The van der Waals surface area contributed by atoms with Gasteiger partial charge in [0.05, 0.1) is 13.2 Å². The van der Waals surface area contributed by atoms with E-state index in [4.69, 9.17) is 10.5 Å². The highest BCUT2D eigenvalue weighted by atomic mass is 16.5. The summed E-state index contributed by atoms with van der Waals surface area (Å²) in [6.45, 7) is 11.2. The monoisotopic (exact) mass is 171 g/mol. The third-order valence-corrected chi connectivity index (χ3v) is 2.15. The molecule has 0 aromatic carbocycles. The van der Waals surface area contributed by atoms with Crippen molar-refractivity contribution >= 4 is 0 Å².